The van der Waals surface area contributed by atoms with E-state index >= 15 is 0 Å². The molecule has 0 radical (unpaired) electrons. The van der Waals surface area contributed by atoms with Gasteiger partial charge in [0.1, 0.15) is 6.54 Å². The maximum Gasteiger partial charge on any atom is 0.284 e. The Balaban J connectivity index is 1.69. The molecule has 1 aliphatic heterocycles. The molecule has 0 saturated carbocycles. The van der Waals surface area contributed by atoms with E-state index < -0.39 is 0 Å². The lowest BCUT2D eigenvalue weighted by Crippen LogP contribution is -3.12. The number of halogens is 1. The van der Waals surface area contributed by atoms with Crippen LogP contribution in [0.2, 0.25) is 4.34 Å². The Bertz CT molecular complexity index is 685. The number of hydrogen-bond donors (Lipinski definition) is 1. The van der Waals surface area contributed by atoms with Gasteiger partial charge in [-0.25, -0.2) is 0 Å². The van der Waals surface area contributed by atoms with Gasteiger partial charge in [-0.15, -0.1) is 11.3 Å². The summed E-state index contributed by atoms with van der Waals surface area (Å²) in [6, 6.07) is 12.1. The molecule has 1 aromatic heterocycles. The van der Waals surface area contributed by atoms with E-state index in [1.807, 2.05) is 42.2 Å². The summed E-state index contributed by atoms with van der Waals surface area (Å²) in [5.74, 6) is 0.199. The summed E-state index contributed by atoms with van der Waals surface area (Å²) in [5, 5.41) is 0. The van der Waals surface area contributed by atoms with Crippen LogP contribution < -0.4 is 9.80 Å². The summed E-state index contributed by atoms with van der Waals surface area (Å²) >= 11 is 7.57. The van der Waals surface area contributed by atoms with Gasteiger partial charge in [0, 0.05) is 12.2 Å². The number of nitrogens with zero attached hydrogens (tertiary/aromatic N) is 1. The van der Waals surface area contributed by atoms with Gasteiger partial charge in [0.05, 0.1) is 16.3 Å². The van der Waals surface area contributed by atoms with Crippen LogP contribution in [-0.2, 0) is 17.8 Å². The summed E-state index contributed by atoms with van der Waals surface area (Å²) in [6.45, 7) is 3.62. The lowest BCUT2D eigenvalue weighted by molar-refractivity contribution is -0.907. The summed E-state index contributed by atoms with van der Waals surface area (Å²) in [6.07, 6.45) is 0.953. The first kappa shape index (κ1) is 15.5. The zero-order valence-electron chi connectivity index (χ0n) is 12.8. The molecule has 1 aromatic carbocycles. The third kappa shape index (κ3) is 3.05. The van der Waals surface area contributed by atoms with Crippen LogP contribution in [-0.4, -0.2) is 25.5 Å². The maximum absolute atomic E-state index is 12.8. The molecule has 2 atom stereocenters. The fraction of sp³-hybridized carbons (Fsp3) is 0.353. The molecule has 3 nitrogen and oxygen atoms in total. The lowest BCUT2D eigenvalue weighted by Gasteiger charge is -2.25. The number of hydrogen-bond acceptors (Lipinski definition) is 2. The predicted molar refractivity (Wildman–Crippen MR) is 91.9 cm³/mol. The van der Waals surface area contributed by atoms with Gasteiger partial charge in [0.2, 0.25) is 0 Å². The zero-order chi connectivity index (χ0) is 15.7. The van der Waals surface area contributed by atoms with Crippen LogP contribution in [0.4, 0.5) is 5.69 Å². The van der Waals surface area contributed by atoms with Crippen molar-refractivity contribution in [3.05, 3.63) is 51.2 Å². The molecule has 3 rings (SSSR count). The molecule has 2 heterocycles. The van der Waals surface area contributed by atoms with Gasteiger partial charge in [-0.2, -0.15) is 0 Å². The van der Waals surface area contributed by atoms with Gasteiger partial charge >= 0.3 is 0 Å². The lowest BCUT2D eigenvalue weighted by atomic mass is 10.2. The molecule has 116 valence electrons. The molecule has 2 aromatic rings. The third-order valence-electron chi connectivity index (χ3n) is 4.34. The number of quaternary nitrogens is 1. The van der Waals surface area contributed by atoms with Crippen LogP contribution in [0.5, 0.6) is 0 Å². The van der Waals surface area contributed by atoms with E-state index in [1.54, 1.807) is 11.3 Å². The smallest absolute Gasteiger partial charge is 0.284 e. The summed E-state index contributed by atoms with van der Waals surface area (Å²) in [5.41, 5.74) is 2.34. The number of rotatable bonds is 4. The van der Waals surface area contributed by atoms with Crippen molar-refractivity contribution in [2.45, 2.75) is 25.9 Å². The second kappa shape index (κ2) is 6.41. The first-order valence-corrected chi connectivity index (χ1v) is 8.71. The van der Waals surface area contributed by atoms with Gasteiger partial charge < -0.3 is 9.80 Å². The minimum Gasteiger partial charge on any atom is -0.323 e. The SMILES string of the molecule is C[C@H](C(=O)N1CCc2ccccc21)[NH+](C)Cc1ccc(Cl)s1. The molecule has 0 fully saturated rings. The topological polar surface area (TPSA) is 24.8 Å². The molecule has 0 bridgehead atoms. The molecule has 0 saturated heterocycles. The molecule has 1 N–H and O–H groups in total. The van der Waals surface area contributed by atoms with Crippen molar-refractivity contribution in [2.24, 2.45) is 0 Å². The van der Waals surface area contributed by atoms with Gasteiger partial charge in [-0.3, -0.25) is 4.79 Å². The highest BCUT2D eigenvalue weighted by molar-refractivity contribution is 7.16. The number of carbonyl (C=O) groups is 1. The summed E-state index contributed by atoms with van der Waals surface area (Å²) in [7, 11) is 2.07. The molecule has 5 heteroatoms. The Kier molecular flexibility index (Phi) is 4.52. The second-order valence-corrected chi connectivity index (χ2v) is 7.62. The summed E-state index contributed by atoms with van der Waals surface area (Å²) in [4.78, 5) is 17.2. The Labute approximate surface area is 140 Å². The van der Waals surface area contributed by atoms with Gasteiger partial charge in [-0.05, 0) is 37.1 Å². The number of amides is 1. The minimum absolute atomic E-state index is 0.0768. The number of carbonyl (C=O) groups excluding carboxylic acids is 1. The monoisotopic (exact) mass is 335 g/mol. The van der Waals surface area contributed by atoms with Crippen molar-refractivity contribution in [2.75, 3.05) is 18.5 Å². The number of nitrogens with one attached hydrogen (secondary N) is 1. The van der Waals surface area contributed by atoms with Crippen LogP contribution in [0.3, 0.4) is 0 Å². The predicted octanol–water partition coefficient (Wildman–Crippen LogP) is 2.39. The Morgan fingerprint density at radius 3 is 2.86 bits per heavy atom. The van der Waals surface area contributed by atoms with E-state index in [-0.39, 0.29) is 11.9 Å². The van der Waals surface area contributed by atoms with E-state index in [9.17, 15) is 4.79 Å². The van der Waals surface area contributed by atoms with Gasteiger partial charge in [-0.1, -0.05) is 29.8 Å². The second-order valence-electron chi connectivity index (χ2n) is 5.82. The van der Waals surface area contributed by atoms with Crippen LogP contribution in [0.25, 0.3) is 0 Å². The number of anilines is 1. The Morgan fingerprint density at radius 1 is 1.36 bits per heavy atom. The first-order chi connectivity index (χ1) is 10.6. The van der Waals surface area contributed by atoms with Gasteiger partial charge in [0.25, 0.3) is 5.91 Å². The molecular weight excluding hydrogens is 316 g/mol. The van der Waals surface area contributed by atoms with Crippen molar-refractivity contribution >= 4 is 34.5 Å². The number of likely N-dealkylation sites (N-methyl/N-ethyl adjacent to an activating group) is 1. The van der Waals surface area contributed by atoms with E-state index in [1.165, 1.54) is 15.3 Å². The molecule has 0 spiro atoms. The molecule has 1 unspecified atom stereocenters. The van der Waals surface area contributed by atoms with Crippen molar-refractivity contribution in [3.8, 4) is 0 Å². The molecular formula is C17H20ClN2OS+. The van der Waals surface area contributed by atoms with Crippen molar-refractivity contribution in [1.29, 1.82) is 0 Å². The number of para-hydroxylation sites is 1. The number of fused-ring (bicyclic) bond motifs is 1. The highest BCUT2D eigenvalue weighted by Crippen LogP contribution is 2.27. The average molecular weight is 336 g/mol. The molecule has 22 heavy (non-hydrogen) atoms. The highest BCUT2D eigenvalue weighted by Gasteiger charge is 2.32. The Hall–Kier alpha value is -1.36. The molecule has 1 amide bonds. The van der Waals surface area contributed by atoms with E-state index in [2.05, 4.69) is 13.1 Å². The van der Waals surface area contributed by atoms with E-state index in [0.717, 1.165) is 29.5 Å². The molecule has 0 aliphatic carbocycles. The van der Waals surface area contributed by atoms with Crippen LogP contribution in [0, 0.1) is 0 Å². The minimum atomic E-state index is -0.0768. The maximum atomic E-state index is 12.8. The fourth-order valence-corrected chi connectivity index (χ4v) is 4.07. The van der Waals surface area contributed by atoms with Crippen molar-refractivity contribution in [1.82, 2.24) is 0 Å². The zero-order valence-corrected chi connectivity index (χ0v) is 14.4. The van der Waals surface area contributed by atoms with E-state index in [0.29, 0.717) is 0 Å². The normalized spacial score (nSPS) is 16.4. The first-order valence-electron chi connectivity index (χ1n) is 7.52. The number of benzene rings is 1. The fourth-order valence-electron chi connectivity index (χ4n) is 2.89. The molecule has 1 aliphatic rings. The van der Waals surface area contributed by atoms with Crippen molar-refractivity contribution in [3.63, 3.8) is 0 Å². The summed E-state index contributed by atoms with van der Waals surface area (Å²) < 4.78 is 0.801. The van der Waals surface area contributed by atoms with Crippen LogP contribution in [0.1, 0.15) is 17.4 Å². The third-order valence-corrected chi connectivity index (χ3v) is 5.58. The van der Waals surface area contributed by atoms with Crippen LogP contribution in [0.15, 0.2) is 36.4 Å². The Morgan fingerprint density at radius 2 is 2.14 bits per heavy atom. The quantitative estimate of drug-likeness (QED) is 0.911. The van der Waals surface area contributed by atoms with Gasteiger partial charge in [0.15, 0.2) is 6.04 Å². The standard InChI is InChI=1S/C17H19ClN2OS/c1-12(19(2)11-14-7-8-16(18)22-14)17(21)20-10-9-13-5-3-4-6-15(13)20/h3-8,12H,9-11H2,1-2H3/p+1/t12-/m1/s1. The van der Waals surface area contributed by atoms with Crippen LogP contribution >= 0.6 is 22.9 Å². The average Bonchev–Trinajstić information content (AvgIpc) is 3.12. The number of thiophene rings is 1. The largest absolute Gasteiger partial charge is 0.323 e. The highest BCUT2D eigenvalue weighted by atomic mass is 35.5. The van der Waals surface area contributed by atoms with Crippen molar-refractivity contribution < 1.29 is 9.69 Å². The van der Waals surface area contributed by atoms with E-state index in [4.69, 9.17) is 11.6 Å².